The Balaban J connectivity index is 2.06. The van der Waals surface area contributed by atoms with Gasteiger partial charge in [0.25, 0.3) is 0 Å². The molecule has 16 heavy (non-hydrogen) atoms. The highest BCUT2D eigenvalue weighted by Gasteiger charge is 2.41. The molecule has 0 N–H and O–H groups in total. The zero-order valence-corrected chi connectivity index (χ0v) is 9.14. The van der Waals surface area contributed by atoms with Crippen molar-refractivity contribution in [2.45, 2.75) is 32.3 Å². The Labute approximate surface area is 93.7 Å². The Hall–Kier alpha value is -1.45. The highest BCUT2D eigenvalue weighted by Crippen LogP contribution is 2.31. The maximum atomic E-state index is 11.7. The van der Waals surface area contributed by atoms with Crippen molar-refractivity contribution < 1.29 is 19.1 Å². The number of hydrogen-bond acceptors (Lipinski definition) is 4. The minimum atomic E-state index is -1.01. The molecule has 0 aromatic rings. The fourth-order valence-electron chi connectivity index (χ4n) is 2.43. The second-order valence-corrected chi connectivity index (χ2v) is 4.43. The molecule has 0 bridgehead atoms. The summed E-state index contributed by atoms with van der Waals surface area (Å²) in [6.07, 6.45) is 4.73. The van der Waals surface area contributed by atoms with Crippen LogP contribution in [0.15, 0.2) is 12.3 Å². The minimum absolute atomic E-state index is 0.0643. The van der Waals surface area contributed by atoms with Gasteiger partial charge in [-0.15, -0.1) is 0 Å². The van der Waals surface area contributed by atoms with E-state index in [0.717, 1.165) is 6.42 Å². The number of ether oxygens (including phenoxy) is 1. The molecule has 1 aliphatic carbocycles. The van der Waals surface area contributed by atoms with Crippen molar-refractivity contribution in [3.8, 4) is 0 Å². The van der Waals surface area contributed by atoms with Crippen LogP contribution in [0.3, 0.4) is 0 Å². The average Bonchev–Trinajstić information content (AvgIpc) is 2.67. The van der Waals surface area contributed by atoms with Crippen LogP contribution in [0.25, 0.3) is 0 Å². The van der Waals surface area contributed by atoms with Gasteiger partial charge in [-0.05, 0) is 13.0 Å². The molecule has 1 saturated carbocycles. The van der Waals surface area contributed by atoms with Gasteiger partial charge < -0.3 is 4.74 Å². The lowest BCUT2D eigenvalue weighted by molar-refractivity contribution is -0.144. The lowest BCUT2D eigenvalue weighted by Crippen LogP contribution is -2.41. The first kappa shape index (κ1) is 11.0. The number of hydrogen-bond donors (Lipinski definition) is 0. The highest BCUT2D eigenvalue weighted by molar-refractivity contribution is 6.20. The van der Waals surface area contributed by atoms with Crippen molar-refractivity contribution >= 4 is 17.3 Å². The molecular formula is C12H14O4. The molecule has 1 atom stereocenters. The van der Waals surface area contributed by atoms with Gasteiger partial charge in [0.2, 0.25) is 0 Å². The standard InChI is InChI=1S/C12H14O4/c1-7(13)12-9(14)5-8(6-10(12)15)11-3-2-4-16-11/h2,4,8,11-12H,3,5-6H2,1H3. The summed E-state index contributed by atoms with van der Waals surface area (Å²) in [4.78, 5) is 34.6. The van der Waals surface area contributed by atoms with E-state index in [0.29, 0.717) is 0 Å². The predicted molar refractivity (Wildman–Crippen MR) is 55.5 cm³/mol. The van der Waals surface area contributed by atoms with E-state index < -0.39 is 5.92 Å². The normalized spacial score (nSPS) is 33.9. The van der Waals surface area contributed by atoms with Crippen LogP contribution in [0.2, 0.25) is 0 Å². The van der Waals surface area contributed by atoms with Crippen LogP contribution in [-0.2, 0) is 19.1 Å². The quantitative estimate of drug-likeness (QED) is 0.655. The monoisotopic (exact) mass is 222 g/mol. The maximum Gasteiger partial charge on any atom is 0.151 e. The largest absolute Gasteiger partial charge is 0.498 e. The third-order valence-corrected chi connectivity index (χ3v) is 3.22. The highest BCUT2D eigenvalue weighted by atomic mass is 16.5. The molecule has 0 saturated heterocycles. The molecule has 0 aromatic heterocycles. The number of rotatable bonds is 2. The van der Waals surface area contributed by atoms with Crippen molar-refractivity contribution in [3.05, 3.63) is 12.3 Å². The van der Waals surface area contributed by atoms with Crippen molar-refractivity contribution in [1.82, 2.24) is 0 Å². The molecule has 2 aliphatic rings. The molecule has 1 unspecified atom stereocenters. The molecule has 1 heterocycles. The van der Waals surface area contributed by atoms with E-state index in [4.69, 9.17) is 4.74 Å². The second kappa shape index (κ2) is 4.20. The van der Waals surface area contributed by atoms with Gasteiger partial charge in [-0.2, -0.15) is 0 Å². The second-order valence-electron chi connectivity index (χ2n) is 4.43. The van der Waals surface area contributed by atoms with Crippen molar-refractivity contribution in [2.24, 2.45) is 11.8 Å². The zero-order valence-electron chi connectivity index (χ0n) is 9.14. The van der Waals surface area contributed by atoms with Crippen LogP contribution >= 0.6 is 0 Å². The Morgan fingerprint density at radius 1 is 1.31 bits per heavy atom. The van der Waals surface area contributed by atoms with E-state index >= 15 is 0 Å². The van der Waals surface area contributed by atoms with Gasteiger partial charge in [-0.25, -0.2) is 0 Å². The minimum Gasteiger partial charge on any atom is -0.498 e. The summed E-state index contributed by atoms with van der Waals surface area (Å²) in [6, 6.07) is 0. The van der Waals surface area contributed by atoms with E-state index in [-0.39, 0.29) is 42.2 Å². The average molecular weight is 222 g/mol. The maximum absolute atomic E-state index is 11.7. The van der Waals surface area contributed by atoms with Crippen LogP contribution < -0.4 is 0 Å². The number of Topliss-reactive ketones (excluding diaryl/α,β-unsaturated/α-hetero) is 3. The summed E-state index contributed by atoms with van der Waals surface area (Å²) in [6.45, 7) is 1.30. The van der Waals surface area contributed by atoms with Crippen LogP contribution in [0.4, 0.5) is 0 Å². The van der Waals surface area contributed by atoms with E-state index in [1.165, 1.54) is 6.92 Å². The molecule has 0 radical (unpaired) electrons. The Kier molecular flexibility index (Phi) is 2.90. The molecule has 0 amide bonds. The van der Waals surface area contributed by atoms with Gasteiger partial charge in [0, 0.05) is 25.2 Å². The Bertz CT molecular complexity index is 343. The van der Waals surface area contributed by atoms with Crippen LogP contribution in [0.5, 0.6) is 0 Å². The zero-order chi connectivity index (χ0) is 11.7. The molecular weight excluding hydrogens is 208 g/mol. The lowest BCUT2D eigenvalue weighted by Gasteiger charge is -2.28. The third kappa shape index (κ3) is 1.92. The molecule has 0 spiro atoms. The molecule has 1 fully saturated rings. The number of ketones is 3. The van der Waals surface area contributed by atoms with Gasteiger partial charge >= 0.3 is 0 Å². The van der Waals surface area contributed by atoms with Crippen molar-refractivity contribution in [1.29, 1.82) is 0 Å². The fourth-order valence-corrected chi connectivity index (χ4v) is 2.43. The van der Waals surface area contributed by atoms with E-state index in [1.54, 1.807) is 6.26 Å². The smallest absolute Gasteiger partial charge is 0.151 e. The first-order valence-corrected chi connectivity index (χ1v) is 5.46. The summed E-state index contributed by atoms with van der Waals surface area (Å²) >= 11 is 0. The molecule has 4 nitrogen and oxygen atoms in total. The summed E-state index contributed by atoms with van der Waals surface area (Å²) in [5.74, 6) is -1.90. The Morgan fingerprint density at radius 2 is 1.94 bits per heavy atom. The van der Waals surface area contributed by atoms with Gasteiger partial charge in [0.05, 0.1) is 6.26 Å². The van der Waals surface area contributed by atoms with Crippen LogP contribution in [0, 0.1) is 11.8 Å². The molecule has 1 aliphatic heterocycles. The summed E-state index contributed by atoms with van der Waals surface area (Å²) in [5.41, 5.74) is 0. The summed E-state index contributed by atoms with van der Waals surface area (Å²) < 4.78 is 5.31. The lowest BCUT2D eigenvalue weighted by atomic mass is 9.76. The SMILES string of the molecule is CC(=O)C1C(=O)CC(C2CC=CO2)CC1=O. The Morgan fingerprint density at radius 3 is 2.38 bits per heavy atom. The van der Waals surface area contributed by atoms with E-state index in [2.05, 4.69) is 0 Å². The topological polar surface area (TPSA) is 60.4 Å². The molecule has 0 aromatic carbocycles. The summed E-state index contributed by atoms with van der Waals surface area (Å²) in [7, 11) is 0. The number of carbonyl (C=O) groups excluding carboxylic acids is 3. The summed E-state index contributed by atoms with van der Waals surface area (Å²) in [5, 5.41) is 0. The van der Waals surface area contributed by atoms with Gasteiger partial charge in [-0.3, -0.25) is 14.4 Å². The van der Waals surface area contributed by atoms with Gasteiger partial charge in [-0.1, -0.05) is 0 Å². The van der Waals surface area contributed by atoms with Crippen LogP contribution in [0.1, 0.15) is 26.2 Å². The van der Waals surface area contributed by atoms with Gasteiger partial charge in [0.15, 0.2) is 11.6 Å². The van der Waals surface area contributed by atoms with E-state index in [1.807, 2.05) is 6.08 Å². The van der Waals surface area contributed by atoms with Crippen LogP contribution in [-0.4, -0.2) is 23.5 Å². The first-order chi connectivity index (χ1) is 7.59. The first-order valence-electron chi connectivity index (χ1n) is 5.46. The molecule has 4 heteroatoms. The number of carbonyl (C=O) groups is 3. The van der Waals surface area contributed by atoms with Crippen molar-refractivity contribution in [2.75, 3.05) is 0 Å². The molecule has 2 rings (SSSR count). The van der Waals surface area contributed by atoms with Crippen molar-refractivity contribution in [3.63, 3.8) is 0 Å². The third-order valence-electron chi connectivity index (χ3n) is 3.22. The fraction of sp³-hybridized carbons (Fsp3) is 0.583. The van der Waals surface area contributed by atoms with E-state index in [9.17, 15) is 14.4 Å². The van der Waals surface area contributed by atoms with Gasteiger partial charge in [0.1, 0.15) is 17.8 Å². The predicted octanol–water partition coefficient (Wildman–Crippen LogP) is 1.04. The molecule has 86 valence electrons.